The summed E-state index contributed by atoms with van der Waals surface area (Å²) in [6, 6.07) is 1.75. The Morgan fingerprint density at radius 3 is 2.81 bits per heavy atom. The highest BCUT2D eigenvalue weighted by Crippen LogP contribution is 2.22. The lowest BCUT2D eigenvalue weighted by atomic mass is 10.1. The molecule has 0 aromatic carbocycles. The van der Waals surface area contributed by atoms with Crippen molar-refractivity contribution in [3.05, 3.63) is 35.8 Å². The van der Waals surface area contributed by atoms with Gasteiger partial charge in [0.15, 0.2) is 5.82 Å². The maximum atomic E-state index is 5.72. The minimum atomic E-state index is 0.347. The lowest BCUT2D eigenvalue weighted by molar-refractivity contribution is 0.767. The smallest absolute Gasteiger partial charge is 0.154 e. The van der Waals surface area contributed by atoms with Crippen molar-refractivity contribution in [2.45, 2.75) is 0 Å². The van der Waals surface area contributed by atoms with Crippen molar-refractivity contribution in [1.82, 2.24) is 25.0 Å². The van der Waals surface area contributed by atoms with Crippen LogP contribution in [0.25, 0.3) is 10.9 Å². The Bertz CT molecular complexity index is 870. The molecule has 3 N–H and O–H groups in total. The first-order valence-corrected chi connectivity index (χ1v) is 6.27. The van der Waals surface area contributed by atoms with Crippen LogP contribution in [0.1, 0.15) is 11.1 Å². The van der Waals surface area contributed by atoms with E-state index in [1.165, 1.54) is 0 Å². The van der Waals surface area contributed by atoms with Crippen LogP contribution in [-0.2, 0) is 7.05 Å². The molecule has 0 fully saturated rings. The van der Waals surface area contributed by atoms with Gasteiger partial charge in [0.05, 0.1) is 17.3 Å². The maximum absolute atomic E-state index is 5.72. The summed E-state index contributed by atoms with van der Waals surface area (Å²) in [5.74, 6) is 7.12. The van der Waals surface area contributed by atoms with Gasteiger partial charge >= 0.3 is 0 Å². The first kappa shape index (κ1) is 12.9. The van der Waals surface area contributed by atoms with Crippen molar-refractivity contribution in [2.24, 2.45) is 7.05 Å². The van der Waals surface area contributed by atoms with E-state index in [4.69, 9.17) is 5.73 Å². The van der Waals surface area contributed by atoms with Crippen LogP contribution in [0.2, 0.25) is 0 Å². The number of nitrogens with two attached hydrogens (primary N) is 1. The van der Waals surface area contributed by atoms with E-state index in [0.717, 1.165) is 16.5 Å². The zero-order valence-corrected chi connectivity index (χ0v) is 11.6. The molecule has 0 aliphatic heterocycles. The van der Waals surface area contributed by atoms with E-state index in [9.17, 15) is 0 Å². The van der Waals surface area contributed by atoms with E-state index in [0.29, 0.717) is 17.2 Å². The Morgan fingerprint density at radius 2 is 2.10 bits per heavy atom. The first-order chi connectivity index (χ1) is 10.2. The van der Waals surface area contributed by atoms with Gasteiger partial charge in [-0.3, -0.25) is 4.68 Å². The minimum Gasteiger partial charge on any atom is -0.382 e. The number of nitrogen functional groups attached to an aromatic ring is 1. The van der Waals surface area contributed by atoms with Crippen LogP contribution in [0, 0.1) is 11.8 Å². The quantitative estimate of drug-likeness (QED) is 0.639. The zero-order chi connectivity index (χ0) is 14.8. The SMILES string of the molecule is CNc1ncc(C#Cc2cnn(C)c2)c2cc(N)nnc12. The molecule has 21 heavy (non-hydrogen) atoms. The summed E-state index contributed by atoms with van der Waals surface area (Å²) >= 11 is 0. The fourth-order valence-electron chi connectivity index (χ4n) is 1.95. The summed E-state index contributed by atoms with van der Waals surface area (Å²) in [6.07, 6.45) is 5.25. The predicted molar refractivity (Wildman–Crippen MR) is 80.5 cm³/mol. The summed E-state index contributed by atoms with van der Waals surface area (Å²) in [6.45, 7) is 0. The van der Waals surface area contributed by atoms with Crippen molar-refractivity contribution < 1.29 is 0 Å². The van der Waals surface area contributed by atoms with Gasteiger partial charge in [-0.05, 0) is 6.07 Å². The number of rotatable bonds is 1. The number of aryl methyl sites for hydroxylation is 1. The Balaban J connectivity index is 2.15. The van der Waals surface area contributed by atoms with Crippen LogP contribution >= 0.6 is 0 Å². The molecule has 0 radical (unpaired) electrons. The van der Waals surface area contributed by atoms with Crippen molar-refractivity contribution >= 4 is 22.5 Å². The molecule has 0 aliphatic rings. The number of aromatic nitrogens is 5. The largest absolute Gasteiger partial charge is 0.382 e. The van der Waals surface area contributed by atoms with Gasteiger partial charge in [0.25, 0.3) is 0 Å². The highest BCUT2D eigenvalue weighted by atomic mass is 15.2. The number of nitrogens with one attached hydrogen (secondary N) is 1. The van der Waals surface area contributed by atoms with Gasteiger partial charge in [-0.15, -0.1) is 10.2 Å². The molecule has 0 atom stereocenters. The van der Waals surface area contributed by atoms with Gasteiger partial charge in [0.2, 0.25) is 0 Å². The number of anilines is 2. The zero-order valence-electron chi connectivity index (χ0n) is 11.6. The highest BCUT2D eigenvalue weighted by molar-refractivity contribution is 5.93. The molecule has 3 aromatic heterocycles. The third-order valence-corrected chi connectivity index (χ3v) is 2.93. The average Bonchev–Trinajstić information content (AvgIpc) is 2.90. The van der Waals surface area contributed by atoms with Crippen molar-refractivity contribution in [2.75, 3.05) is 18.1 Å². The third kappa shape index (κ3) is 2.47. The molecule has 7 nitrogen and oxygen atoms in total. The molecule has 3 rings (SSSR count). The molecular formula is C14H13N7. The Kier molecular flexibility index (Phi) is 3.12. The van der Waals surface area contributed by atoms with Crippen molar-refractivity contribution in [3.63, 3.8) is 0 Å². The van der Waals surface area contributed by atoms with Crippen LogP contribution in [0.4, 0.5) is 11.6 Å². The molecular weight excluding hydrogens is 266 g/mol. The summed E-state index contributed by atoms with van der Waals surface area (Å²) in [4.78, 5) is 4.29. The Morgan fingerprint density at radius 1 is 1.24 bits per heavy atom. The second-order valence-corrected chi connectivity index (χ2v) is 4.45. The molecule has 0 aliphatic carbocycles. The number of pyridine rings is 1. The maximum Gasteiger partial charge on any atom is 0.154 e. The fraction of sp³-hybridized carbons (Fsp3) is 0.143. The summed E-state index contributed by atoms with van der Waals surface area (Å²) in [5.41, 5.74) is 7.94. The summed E-state index contributed by atoms with van der Waals surface area (Å²) in [7, 11) is 3.63. The first-order valence-electron chi connectivity index (χ1n) is 6.27. The minimum absolute atomic E-state index is 0.347. The van der Waals surface area contributed by atoms with Crippen molar-refractivity contribution in [1.29, 1.82) is 0 Å². The van der Waals surface area contributed by atoms with E-state index in [-0.39, 0.29) is 0 Å². The number of nitrogens with zero attached hydrogens (tertiary/aromatic N) is 5. The normalized spacial score (nSPS) is 10.2. The molecule has 0 bridgehead atoms. The van der Waals surface area contributed by atoms with Crippen LogP contribution in [0.3, 0.4) is 0 Å². The summed E-state index contributed by atoms with van der Waals surface area (Å²) in [5, 5.41) is 15.8. The fourth-order valence-corrected chi connectivity index (χ4v) is 1.95. The highest BCUT2D eigenvalue weighted by Gasteiger charge is 2.08. The Hall–Kier alpha value is -3.14. The second kappa shape index (κ2) is 5.09. The lowest BCUT2D eigenvalue weighted by Crippen LogP contribution is -2.00. The van der Waals surface area contributed by atoms with Gasteiger partial charge in [-0.2, -0.15) is 5.10 Å². The summed E-state index contributed by atoms with van der Waals surface area (Å²) < 4.78 is 1.70. The monoisotopic (exact) mass is 279 g/mol. The average molecular weight is 279 g/mol. The predicted octanol–water partition coefficient (Wildman–Crippen LogP) is 0.782. The molecule has 0 amide bonds. The number of fused-ring (bicyclic) bond motifs is 1. The Labute approximate surface area is 121 Å². The molecule has 3 heterocycles. The van der Waals surface area contributed by atoms with E-state index in [1.807, 2.05) is 13.2 Å². The number of hydrogen-bond acceptors (Lipinski definition) is 6. The van der Waals surface area contributed by atoms with Gasteiger partial charge in [0.1, 0.15) is 11.3 Å². The lowest BCUT2D eigenvalue weighted by Gasteiger charge is -2.05. The van der Waals surface area contributed by atoms with Crippen molar-refractivity contribution in [3.8, 4) is 11.8 Å². The van der Waals surface area contributed by atoms with Crippen LogP contribution in [0.15, 0.2) is 24.7 Å². The number of hydrogen-bond donors (Lipinski definition) is 2. The molecule has 104 valence electrons. The van der Waals surface area contributed by atoms with E-state index >= 15 is 0 Å². The molecule has 0 saturated heterocycles. The standard InChI is InChI=1S/C14H13N7/c1-16-14-13-11(5-12(15)19-20-13)10(7-17-14)4-3-9-6-18-21(2)8-9/h5-8H,1-2H3,(H2,15,19)(H,16,17). The van der Waals surface area contributed by atoms with Gasteiger partial charge in [-0.1, -0.05) is 11.8 Å². The van der Waals surface area contributed by atoms with Crippen LogP contribution in [-0.4, -0.2) is 32.0 Å². The van der Waals surface area contributed by atoms with Gasteiger partial charge in [-0.25, -0.2) is 4.98 Å². The molecule has 7 heteroatoms. The molecule has 0 unspecified atom stereocenters. The van der Waals surface area contributed by atoms with Crippen LogP contribution in [0.5, 0.6) is 0 Å². The van der Waals surface area contributed by atoms with E-state index in [2.05, 4.69) is 37.4 Å². The molecule has 3 aromatic rings. The van der Waals surface area contributed by atoms with Gasteiger partial charge < -0.3 is 11.1 Å². The van der Waals surface area contributed by atoms with Gasteiger partial charge in [0, 0.05) is 31.9 Å². The topological polar surface area (TPSA) is 94.5 Å². The van der Waals surface area contributed by atoms with E-state index < -0.39 is 0 Å². The molecule has 0 saturated carbocycles. The second-order valence-electron chi connectivity index (χ2n) is 4.45. The van der Waals surface area contributed by atoms with Crippen LogP contribution < -0.4 is 11.1 Å². The third-order valence-electron chi connectivity index (χ3n) is 2.93. The van der Waals surface area contributed by atoms with E-state index in [1.54, 1.807) is 30.2 Å². The molecule has 0 spiro atoms.